The summed E-state index contributed by atoms with van der Waals surface area (Å²) in [6, 6.07) is 6.88. The smallest absolute Gasteiger partial charge is 0.160 e. The third-order valence-corrected chi connectivity index (χ3v) is 5.71. The lowest BCUT2D eigenvalue weighted by atomic mass is 10.0. The molecule has 0 aliphatic rings. The number of hydrogen-bond donors (Lipinski definition) is 6. The fourth-order valence-electron chi connectivity index (χ4n) is 3.89. The molecule has 0 aliphatic carbocycles. The largest absolute Gasteiger partial charge is 0.504 e. The average Bonchev–Trinajstić information content (AvgIpc) is 2.79. The first-order chi connectivity index (χ1) is 15.5. The molecule has 6 heteroatoms. The molecule has 0 saturated heterocycles. The highest BCUT2D eigenvalue weighted by molar-refractivity contribution is 5.49. The van der Waals surface area contributed by atoms with Gasteiger partial charge in [0.15, 0.2) is 23.0 Å². The zero-order chi connectivity index (χ0) is 23.3. The Kier molecular flexibility index (Phi) is 10.9. The van der Waals surface area contributed by atoms with Crippen molar-refractivity contribution in [2.45, 2.75) is 52.4 Å². The third kappa shape index (κ3) is 7.46. The lowest BCUT2D eigenvalue weighted by Gasteiger charge is -2.11. The summed E-state index contributed by atoms with van der Waals surface area (Å²) in [5.41, 5.74) is 3.80. The minimum absolute atomic E-state index is 0.00793. The van der Waals surface area contributed by atoms with Gasteiger partial charge < -0.3 is 31.1 Å². The molecule has 0 aliphatic heterocycles. The third-order valence-electron chi connectivity index (χ3n) is 5.71. The number of hydrogen-bond acceptors (Lipinski definition) is 6. The van der Waals surface area contributed by atoms with Gasteiger partial charge in [0, 0.05) is 11.1 Å². The summed E-state index contributed by atoms with van der Waals surface area (Å²) in [4.78, 5) is 0. The Bertz CT molecular complexity index is 809. The minimum Gasteiger partial charge on any atom is -0.504 e. The lowest BCUT2D eigenvalue weighted by molar-refractivity contribution is 0.399. The van der Waals surface area contributed by atoms with Gasteiger partial charge in [-0.15, -0.1) is 0 Å². The van der Waals surface area contributed by atoms with Gasteiger partial charge in [-0.3, -0.25) is 0 Å². The molecule has 0 heterocycles. The van der Waals surface area contributed by atoms with Crippen molar-refractivity contribution in [2.75, 3.05) is 26.2 Å². The van der Waals surface area contributed by atoms with E-state index in [-0.39, 0.29) is 23.0 Å². The second kappa shape index (κ2) is 13.7. The van der Waals surface area contributed by atoms with Gasteiger partial charge >= 0.3 is 0 Å². The topological polar surface area (TPSA) is 105 Å². The molecular weight excluding hydrogens is 404 g/mol. The quantitative estimate of drug-likeness (QED) is 0.150. The molecule has 0 bridgehead atoms. The van der Waals surface area contributed by atoms with Gasteiger partial charge in [-0.1, -0.05) is 38.1 Å². The molecule has 6 N–H and O–H groups in total. The van der Waals surface area contributed by atoms with Crippen molar-refractivity contribution in [1.82, 2.24) is 10.6 Å². The van der Waals surface area contributed by atoms with E-state index in [1.807, 2.05) is 26.0 Å². The highest BCUT2D eigenvalue weighted by Crippen LogP contribution is 2.32. The van der Waals surface area contributed by atoms with Crippen molar-refractivity contribution in [3.8, 4) is 23.0 Å². The summed E-state index contributed by atoms with van der Waals surface area (Å²) in [7, 11) is 0. The van der Waals surface area contributed by atoms with Gasteiger partial charge in [-0.05, 0) is 88.0 Å². The highest BCUT2D eigenvalue weighted by atomic mass is 16.3. The number of aromatic hydroxyl groups is 4. The maximum Gasteiger partial charge on any atom is 0.160 e. The Labute approximate surface area is 191 Å². The van der Waals surface area contributed by atoms with Gasteiger partial charge in [0.1, 0.15) is 0 Å². The first kappa shape index (κ1) is 25.6. The zero-order valence-corrected chi connectivity index (χ0v) is 19.3. The van der Waals surface area contributed by atoms with Crippen LogP contribution in [0.5, 0.6) is 23.0 Å². The molecule has 2 aromatic carbocycles. The van der Waals surface area contributed by atoms with Crippen molar-refractivity contribution >= 4 is 0 Å². The SMILES string of the molecule is CCc1c(CCNCC/C=C/CCNCCc2ccc(O)c(O)c2CC)ccc(O)c1O. The minimum atomic E-state index is -0.0523. The summed E-state index contributed by atoms with van der Waals surface area (Å²) in [6.45, 7) is 7.43. The van der Waals surface area contributed by atoms with Gasteiger partial charge in [0.05, 0.1) is 0 Å². The Hall–Kier alpha value is -2.70. The maximum atomic E-state index is 9.95. The lowest BCUT2D eigenvalue weighted by Crippen LogP contribution is -2.19. The van der Waals surface area contributed by atoms with Crippen LogP contribution < -0.4 is 10.6 Å². The van der Waals surface area contributed by atoms with Crippen LogP contribution in [-0.2, 0) is 25.7 Å². The molecule has 0 radical (unpaired) electrons. The summed E-state index contributed by atoms with van der Waals surface area (Å²) in [5, 5.41) is 46.0. The van der Waals surface area contributed by atoms with Crippen molar-refractivity contribution < 1.29 is 20.4 Å². The van der Waals surface area contributed by atoms with Gasteiger partial charge in [-0.25, -0.2) is 0 Å². The maximum absolute atomic E-state index is 9.95. The standard InChI is InChI=1S/C26H38N2O4/c1-3-21-19(9-11-23(29)25(21)31)13-17-27-15-7-5-6-8-16-28-18-14-20-10-12-24(30)26(32)22(20)4-2/h5-6,9-12,27-32H,3-4,7-8,13-18H2,1-2H3/b6-5+. The van der Waals surface area contributed by atoms with Gasteiger partial charge in [0.25, 0.3) is 0 Å². The highest BCUT2D eigenvalue weighted by Gasteiger charge is 2.11. The van der Waals surface area contributed by atoms with E-state index in [1.54, 1.807) is 12.1 Å². The molecule has 176 valence electrons. The predicted octanol–water partition coefficient (Wildman–Crippen LogP) is 3.93. The van der Waals surface area contributed by atoms with Crippen LogP contribution in [0.2, 0.25) is 0 Å². The summed E-state index contributed by atoms with van der Waals surface area (Å²) >= 11 is 0. The van der Waals surface area contributed by atoms with E-state index < -0.39 is 0 Å². The van der Waals surface area contributed by atoms with Crippen molar-refractivity contribution in [2.24, 2.45) is 0 Å². The average molecular weight is 443 g/mol. The Morgan fingerprint density at radius 2 is 1.03 bits per heavy atom. The van der Waals surface area contributed by atoms with Gasteiger partial charge in [0.2, 0.25) is 0 Å². The molecule has 0 aromatic heterocycles. The molecular formula is C26H38N2O4. The van der Waals surface area contributed by atoms with Crippen LogP contribution in [0.4, 0.5) is 0 Å². The number of rotatable bonds is 14. The normalized spacial score (nSPS) is 11.4. The van der Waals surface area contributed by atoms with Crippen LogP contribution in [0, 0.1) is 0 Å². The fourth-order valence-corrected chi connectivity index (χ4v) is 3.89. The molecule has 0 atom stereocenters. The fraction of sp³-hybridized carbons (Fsp3) is 0.462. The summed E-state index contributed by atoms with van der Waals surface area (Å²) in [5.74, 6) is -0.0887. The van der Waals surface area contributed by atoms with Crippen molar-refractivity contribution in [3.05, 3.63) is 58.7 Å². The first-order valence-electron chi connectivity index (χ1n) is 11.6. The Morgan fingerprint density at radius 1 is 0.625 bits per heavy atom. The molecule has 0 saturated carbocycles. The second-order valence-corrected chi connectivity index (χ2v) is 7.90. The molecule has 2 rings (SSSR count). The molecule has 6 nitrogen and oxygen atoms in total. The molecule has 0 fully saturated rings. The first-order valence-corrected chi connectivity index (χ1v) is 11.6. The van der Waals surface area contributed by atoms with Crippen LogP contribution in [0.15, 0.2) is 36.4 Å². The number of phenolic OH excluding ortho intramolecular Hbond substituents is 4. The molecule has 0 amide bonds. The molecule has 2 aromatic rings. The molecule has 0 spiro atoms. The van der Waals surface area contributed by atoms with Gasteiger partial charge in [-0.2, -0.15) is 0 Å². The van der Waals surface area contributed by atoms with E-state index in [0.29, 0.717) is 12.8 Å². The van der Waals surface area contributed by atoms with Crippen LogP contribution in [0.1, 0.15) is 48.9 Å². The summed E-state index contributed by atoms with van der Waals surface area (Å²) < 4.78 is 0. The van der Waals surface area contributed by atoms with E-state index in [1.165, 1.54) is 0 Å². The van der Waals surface area contributed by atoms with Crippen LogP contribution in [0.3, 0.4) is 0 Å². The van der Waals surface area contributed by atoms with E-state index >= 15 is 0 Å². The Morgan fingerprint density at radius 3 is 1.41 bits per heavy atom. The Balaban J connectivity index is 1.55. The number of benzene rings is 2. The zero-order valence-electron chi connectivity index (χ0n) is 19.3. The molecule has 32 heavy (non-hydrogen) atoms. The van der Waals surface area contributed by atoms with Crippen molar-refractivity contribution in [3.63, 3.8) is 0 Å². The number of nitrogens with one attached hydrogen (secondary N) is 2. The van der Waals surface area contributed by atoms with E-state index in [9.17, 15) is 20.4 Å². The van der Waals surface area contributed by atoms with Crippen LogP contribution in [0.25, 0.3) is 0 Å². The van der Waals surface area contributed by atoms with Crippen LogP contribution in [-0.4, -0.2) is 46.6 Å². The monoisotopic (exact) mass is 442 g/mol. The second-order valence-electron chi connectivity index (χ2n) is 7.90. The van der Waals surface area contributed by atoms with E-state index in [0.717, 1.165) is 74.1 Å². The molecule has 0 unspecified atom stereocenters. The van der Waals surface area contributed by atoms with Crippen molar-refractivity contribution in [1.29, 1.82) is 0 Å². The predicted molar refractivity (Wildman–Crippen MR) is 130 cm³/mol. The summed E-state index contributed by atoms with van der Waals surface area (Å²) in [6.07, 6.45) is 9.35. The van der Waals surface area contributed by atoms with E-state index in [2.05, 4.69) is 22.8 Å². The van der Waals surface area contributed by atoms with Crippen LogP contribution >= 0.6 is 0 Å². The number of phenols is 4. The van der Waals surface area contributed by atoms with E-state index in [4.69, 9.17) is 0 Å².